The van der Waals surface area contributed by atoms with Crippen LogP contribution in [-0.4, -0.2) is 31.5 Å². The van der Waals surface area contributed by atoms with Crippen molar-refractivity contribution in [1.82, 2.24) is 10.6 Å². The first-order valence-corrected chi connectivity index (χ1v) is 8.28. The predicted molar refractivity (Wildman–Crippen MR) is 90.9 cm³/mol. The summed E-state index contributed by atoms with van der Waals surface area (Å²) >= 11 is 1.39. The number of carbonyl (C=O) groups excluding carboxylic acids is 2. The molecule has 24 heavy (non-hydrogen) atoms. The molecule has 0 aliphatic rings. The molecule has 0 saturated carbocycles. The third kappa shape index (κ3) is 5.74. The molecule has 1 heterocycles. The molecule has 7 heteroatoms. The van der Waals surface area contributed by atoms with Crippen LogP contribution in [0.4, 0.5) is 0 Å². The van der Waals surface area contributed by atoms with Crippen molar-refractivity contribution in [3.8, 4) is 11.8 Å². The second kappa shape index (κ2) is 9.33. The Labute approximate surface area is 144 Å². The number of ether oxygens (including phenoxy) is 1. The number of benzene rings is 1. The van der Waals surface area contributed by atoms with Crippen molar-refractivity contribution in [3.63, 3.8) is 0 Å². The minimum atomic E-state index is -0.232. The van der Waals surface area contributed by atoms with Gasteiger partial charge in [0.1, 0.15) is 5.75 Å². The summed E-state index contributed by atoms with van der Waals surface area (Å²) in [4.78, 5) is 24.0. The second-order valence-electron chi connectivity index (χ2n) is 4.86. The third-order valence-electron chi connectivity index (χ3n) is 3.06. The maximum Gasteiger partial charge on any atom is 0.261 e. The van der Waals surface area contributed by atoms with E-state index in [0.29, 0.717) is 35.7 Å². The van der Waals surface area contributed by atoms with E-state index in [4.69, 9.17) is 10.00 Å². The lowest BCUT2D eigenvalue weighted by Gasteiger charge is -2.08. The molecule has 2 rings (SSSR count). The maximum absolute atomic E-state index is 11.7. The van der Waals surface area contributed by atoms with Crippen molar-refractivity contribution in [3.05, 3.63) is 52.2 Å². The van der Waals surface area contributed by atoms with E-state index >= 15 is 0 Å². The Morgan fingerprint density at radius 1 is 1.12 bits per heavy atom. The number of hydrogen-bond acceptors (Lipinski definition) is 5. The smallest absolute Gasteiger partial charge is 0.261 e. The summed E-state index contributed by atoms with van der Waals surface area (Å²) in [6, 6.07) is 12.2. The number of rotatable bonds is 8. The van der Waals surface area contributed by atoms with Crippen molar-refractivity contribution in [2.45, 2.75) is 6.42 Å². The highest BCUT2D eigenvalue weighted by molar-refractivity contribution is 7.12. The molecule has 0 saturated heterocycles. The minimum absolute atomic E-state index is 0.0898. The Balaban J connectivity index is 1.56. The van der Waals surface area contributed by atoms with E-state index in [1.165, 1.54) is 11.3 Å². The Kier molecular flexibility index (Phi) is 6.80. The number of nitriles is 1. The molecule has 2 aromatic rings. The van der Waals surface area contributed by atoms with Gasteiger partial charge in [-0.05, 0) is 42.1 Å². The number of hydrogen-bond donors (Lipinski definition) is 2. The number of carbonyl (C=O) groups is 2. The zero-order valence-electron chi connectivity index (χ0n) is 13.0. The van der Waals surface area contributed by atoms with Crippen LogP contribution in [0.2, 0.25) is 0 Å². The molecule has 0 aliphatic carbocycles. The molecule has 0 atom stereocenters. The highest BCUT2D eigenvalue weighted by atomic mass is 32.1. The quantitative estimate of drug-likeness (QED) is 0.717. The lowest BCUT2D eigenvalue weighted by Crippen LogP contribution is -2.32. The minimum Gasteiger partial charge on any atom is -0.484 e. The largest absolute Gasteiger partial charge is 0.484 e. The Bertz CT molecular complexity index is 706. The van der Waals surface area contributed by atoms with Crippen LogP contribution in [0.3, 0.4) is 0 Å². The molecule has 0 aliphatic heterocycles. The first-order chi connectivity index (χ1) is 11.7. The topological polar surface area (TPSA) is 91.2 Å². The Hall–Kier alpha value is -2.85. The molecule has 0 radical (unpaired) electrons. The number of nitrogens with zero attached hydrogens (tertiary/aromatic N) is 1. The van der Waals surface area contributed by atoms with Gasteiger partial charge < -0.3 is 15.4 Å². The van der Waals surface area contributed by atoms with Gasteiger partial charge in [0.25, 0.3) is 11.8 Å². The number of thiophene rings is 1. The van der Waals surface area contributed by atoms with Gasteiger partial charge in [0.15, 0.2) is 6.61 Å². The fourth-order valence-electron chi connectivity index (χ4n) is 1.84. The van der Waals surface area contributed by atoms with Crippen LogP contribution in [0.25, 0.3) is 0 Å². The molecule has 2 amide bonds. The number of nitrogens with one attached hydrogen (secondary N) is 2. The van der Waals surface area contributed by atoms with Crippen molar-refractivity contribution in [2.75, 3.05) is 19.7 Å². The molecular formula is C17H17N3O3S. The van der Waals surface area contributed by atoms with E-state index in [2.05, 4.69) is 10.6 Å². The van der Waals surface area contributed by atoms with Gasteiger partial charge in [-0.15, -0.1) is 11.3 Å². The van der Waals surface area contributed by atoms with Gasteiger partial charge >= 0.3 is 0 Å². The van der Waals surface area contributed by atoms with E-state index in [1.54, 1.807) is 30.3 Å². The molecule has 0 spiro atoms. The zero-order valence-corrected chi connectivity index (χ0v) is 13.8. The molecule has 1 aromatic heterocycles. The van der Waals surface area contributed by atoms with Gasteiger partial charge in [-0.2, -0.15) is 5.26 Å². The summed E-state index contributed by atoms with van der Waals surface area (Å²) < 4.78 is 5.32. The Morgan fingerprint density at radius 2 is 1.88 bits per heavy atom. The highest BCUT2D eigenvalue weighted by Crippen LogP contribution is 2.11. The summed E-state index contributed by atoms with van der Waals surface area (Å²) in [5.41, 5.74) is 0.538. The van der Waals surface area contributed by atoms with Crippen LogP contribution in [0.5, 0.6) is 5.75 Å². The molecule has 0 bridgehead atoms. The lowest BCUT2D eigenvalue weighted by atomic mass is 10.2. The summed E-state index contributed by atoms with van der Waals surface area (Å²) in [6.07, 6.45) is 0.639. The average Bonchev–Trinajstić information content (AvgIpc) is 3.14. The van der Waals surface area contributed by atoms with Crippen LogP contribution in [0.15, 0.2) is 41.8 Å². The van der Waals surface area contributed by atoms with Gasteiger partial charge in [0.05, 0.1) is 16.5 Å². The van der Waals surface area contributed by atoms with Crippen LogP contribution < -0.4 is 15.4 Å². The molecule has 1 aromatic carbocycles. The van der Waals surface area contributed by atoms with Gasteiger partial charge in [-0.3, -0.25) is 9.59 Å². The summed E-state index contributed by atoms with van der Waals surface area (Å²) in [7, 11) is 0. The van der Waals surface area contributed by atoms with Gasteiger partial charge in [0, 0.05) is 13.1 Å². The number of amides is 2. The SMILES string of the molecule is N#Cc1ccc(OCC(=O)NCCCNC(=O)c2cccs2)cc1. The predicted octanol–water partition coefficient (Wildman–Crippen LogP) is 1.93. The van der Waals surface area contributed by atoms with E-state index < -0.39 is 0 Å². The average molecular weight is 343 g/mol. The first-order valence-electron chi connectivity index (χ1n) is 7.40. The first kappa shape index (κ1) is 17.5. The fraction of sp³-hybridized carbons (Fsp3) is 0.235. The lowest BCUT2D eigenvalue weighted by molar-refractivity contribution is -0.123. The second-order valence-corrected chi connectivity index (χ2v) is 5.81. The monoisotopic (exact) mass is 343 g/mol. The standard InChI is InChI=1S/C17H17N3O3S/c18-11-13-4-6-14(7-5-13)23-12-16(21)19-8-2-9-20-17(22)15-3-1-10-24-15/h1,3-7,10H,2,8-9,12H2,(H,19,21)(H,20,22). The van der Waals surface area contributed by atoms with Crippen LogP contribution in [-0.2, 0) is 4.79 Å². The highest BCUT2D eigenvalue weighted by Gasteiger charge is 2.05. The van der Waals surface area contributed by atoms with Gasteiger partial charge in [0.2, 0.25) is 0 Å². The molecule has 0 fully saturated rings. The van der Waals surface area contributed by atoms with E-state index in [0.717, 1.165) is 0 Å². The van der Waals surface area contributed by atoms with Crippen LogP contribution in [0, 0.1) is 11.3 Å². The van der Waals surface area contributed by atoms with Crippen molar-refractivity contribution >= 4 is 23.2 Å². The van der Waals surface area contributed by atoms with Crippen molar-refractivity contribution in [1.29, 1.82) is 5.26 Å². The summed E-state index contributed by atoms with van der Waals surface area (Å²) in [5, 5.41) is 16.1. The van der Waals surface area contributed by atoms with Crippen molar-refractivity contribution < 1.29 is 14.3 Å². The Morgan fingerprint density at radius 3 is 2.54 bits per heavy atom. The molecule has 124 valence electrons. The molecule has 2 N–H and O–H groups in total. The van der Waals surface area contributed by atoms with E-state index in [-0.39, 0.29) is 18.4 Å². The van der Waals surface area contributed by atoms with Crippen LogP contribution >= 0.6 is 11.3 Å². The van der Waals surface area contributed by atoms with E-state index in [1.807, 2.05) is 17.5 Å². The third-order valence-corrected chi connectivity index (χ3v) is 3.93. The normalized spacial score (nSPS) is 9.79. The molecular weight excluding hydrogens is 326 g/mol. The summed E-state index contributed by atoms with van der Waals surface area (Å²) in [6.45, 7) is 0.862. The van der Waals surface area contributed by atoms with Crippen LogP contribution in [0.1, 0.15) is 21.7 Å². The van der Waals surface area contributed by atoms with Gasteiger partial charge in [-0.1, -0.05) is 6.07 Å². The fourth-order valence-corrected chi connectivity index (χ4v) is 2.48. The maximum atomic E-state index is 11.7. The van der Waals surface area contributed by atoms with Gasteiger partial charge in [-0.25, -0.2) is 0 Å². The van der Waals surface area contributed by atoms with E-state index in [9.17, 15) is 9.59 Å². The van der Waals surface area contributed by atoms with Crippen molar-refractivity contribution in [2.24, 2.45) is 0 Å². The zero-order chi connectivity index (χ0) is 17.2. The molecule has 0 unspecified atom stereocenters. The molecule has 6 nitrogen and oxygen atoms in total. The summed E-state index contributed by atoms with van der Waals surface area (Å²) in [5.74, 6) is 0.205.